The summed E-state index contributed by atoms with van der Waals surface area (Å²) in [4.78, 5) is 25.0. The van der Waals surface area contributed by atoms with Gasteiger partial charge in [-0.3, -0.25) is 4.79 Å². The molecule has 2 aromatic carbocycles. The fourth-order valence-corrected chi connectivity index (χ4v) is 7.65. The lowest BCUT2D eigenvalue weighted by molar-refractivity contribution is -0.141. The summed E-state index contributed by atoms with van der Waals surface area (Å²) < 4.78 is 18.1. The second-order valence-electron chi connectivity index (χ2n) is 12.0. The highest BCUT2D eigenvalue weighted by molar-refractivity contribution is 6.07. The molecule has 1 unspecified atom stereocenters. The summed E-state index contributed by atoms with van der Waals surface area (Å²) in [5, 5.41) is 12.3. The first-order valence-corrected chi connectivity index (χ1v) is 13.4. The van der Waals surface area contributed by atoms with E-state index in [1.54, 1.807) is 24.3 Å². The Morgan fingerprint density at radius 3 is 2.32 bits per heavy atom. The SMILES string of the molecule is CC1(C)OCC(COc2ccc(C(=O)Nc3ccccc3C(=O)O)cc2C23CC4CC(CC(C4)C2)C3)O1. The van der Waals surface area contributed by atoms with Crippen molar-refractivity contribution in [3.63, 3.8) is 0 Å². The summed E-state index contributed by atoms with van der Waals surface area (Å²) in [5.41, 5.74) is 2.01. The molecule has 7 rings (SSSR count). The van der Waals surface area contributed by atoms with Crippen LogP contribution in [0.3, 0.4) is 0 Å². The van der Waals surface area contributed by atoms with Crippen molar-refractivity contribution in [3.8, 4) is 5.75 Å². The maximum absolute atomic E-state index is 13.3. The van der Waals surface area contributed by atoms with Crippen molar-refractivity contribution in [2.24, 2.45) is 17.8 Å². The van der Waals surface area contributed by atoms with E-state index in [-0.39, 0.29) is 28.7 Å². The molecule has 0 radical (unpaired) electrons. The van der Waals surface area contributed by atoms with Gasteiger partial charge < -0.3 is 24.6 Å². The van der Waals surface area contributed by atoms with Crippen molar-refractivity contribution >= 4 is 17.6 Å². The Balaban J connectivity index is 1.31. The zero-order chi connectivity index (χ0) is 25.8. The molecule has 4 aliphatic carbocycles. The first kappa shape index (κ1) is 24.4. The van der Waals surface area contributed by atoms with Crippen LogP contribution in [0, 0.1) is 17.8 Å². The molecule has 1 saturated heterocycles. The molecule has 5 fully saturated rings. The molecule has 1 aliphatic heterocycles. The minimum absolute atomic E-state index is 0.0195. The molecule has 1 heterocycles. The molecular formula is C30H35NO6. The van der Waals surface area contributed by atoms with Crippen LogP contribution in [0.4, 0.5) is 5.69 Å². The number of carbonyl (C=O) groups is 2. The van der Waals surface area contributed by atoms with Crippen LogP contribution in [0.5, 0.6) is 5.75 Å². The molecule has 4 saturated carbocycles. The Bertz CT molecular complexity index is 1190. The van der Waals surface area contributed by atoms with Crippen molar-refractivity contribution in [1.29, 1.82) is 0 Å². The summed E-state index contributed by atoms with van der Waals surface area (Å²) in [5.74, 6) is 1.04. The van der Waals surface area contributed by atoms with Crippen molar-refractivity contribution in [1.82, 2.24) is 0 Å². The summed E-state index contributed by atoms with van der Waals surface area (Å²) in [7, 11) is 0. The highest BCUT2D eigenvalue weighted by Crippen LogP contribution is 2.62. The number of ether oxygens (including phenoxy) is 3. The van der Waals surface area contributed by atoms with Crippen molar-refractivity contribution in [2.75, 3.05) is 18.5 Å². The maximum Gasteiger partial charge on any atom is 0.337 e. The first-order chi connectivity index (χ1) is 17.7. The largest absolute Gasteiger partial charge is 0.490 e. The molecule has 37 heavy (non-hydrogen) atoms. The number of rotatable bonds is 7. The zero-order valence-corrected chi connectivity index (χ0v) is 21.5. The van der Waals surface area contributed by atoms with Gasteiger partial charge in [0.1, 0.15) is 18.5 Å². The molecular weight excluding hydrogens is 470 g/mol. The molecule has 196 valence electrons. The Hall–Kier alpha value is -2.90. The molecule has 2 N–H and O–H groups in total. The molecule has 5 aliphatic rings. The van der Waals surface area contributed by atoms with Gasteiger partial charge in [0.25, 0.3) is 5.91 Å². The summed E-state index contributed by atoms with van der Waals surface area (Å²) in [6.45, 7) is 4.69. The number of hydrogen-bond donors (Lipinski definition) is 2. The first-order valence-electron chi connectivity index (χ1n) is 13.4. The predicted molar refractivity (Wildman–Crippen MR) is 138 cm³/mol. The lowest BCUT2D eigenvalue weighted by Gasteiger charge is -2.57. The number of nitrogens with one attached hydrogen (secondary N) is 1. The number of carbonyl (C=O) groups excluding carboxylic acids is 1. The van der Waals surface area contributed by atoms with Gasteiger partial charge in [-0.25, -0.2) is 4.79 Å². The van der Waals surface area contributed by atoms with Gasteiger partial charge in [0.15, 0.2) is 5.79 Å². The van der Waals surface area contributed by atoms with E-state index in [4.69, 9.17) is 14.2 Å². The van der Waals surface area contributed by atoms with Gasteiger partial charge in [0, 0.05) is 11.1 Å². The highest BCUT2D eigenvalue weighted by Gasteiger charge is 2.52. The molecule has 0 spiro atoms. The van der Waals surface area contributed by atoms with Gasteiger partial charge in [0.2, 0.25) is 0 Å². The minimum atomic E-state index is -1.07. The van der Waals surface area contributed by atoms with Gasteiger partial charge in [-0.2, -0.15) is 0 Å². The van der Waals surface area contributed by atoms with Crippen molar-refractivity contribution in [3.05, 3.63) is 59.2 Å². The second-order valence-corrected chi connectivity index (χ2v) is 12.0. The van der Waals surface area contributed by atoms with E-state index in [1.807, 2.05) is 26.0 Å². The van der Waals surface area contributed by atoms with Crippen LogP contribution in [-0.4, -0.2) is 42.1 Å². The van der Waals surface area contributed by atoms with Gasteiger partial charge in [-0.1, -0.05) is 12.1 Å². The molecule has 7 heteroatoms. The van der Waals surface area contributed by atoms with Gasteiger partial charge in [0.05, 0.1) is 17.9 Å². The Labute approximate surface area is 217 Å². The number of benzene rings is 2. The van der Waals surface area contributed by atoms with E-state index >= 15 is 0 Å². The second kappa shape index (κ2) is 9.14. The number of aromatic carboxylic acids is 1. The van der Waals surface area contributed by atoms with E-state index in [0.717, 1.165) is 48.3 Å². The molecule has 2 aromatic rings. The van der Waals surface area contributed by atoms with E-state index < -0.39 is 11.8 Å². The van der Waals surface area contributed by atoms with Gasteiger partial charge in [-0.15, -0.1) is 0 Å². The van der Waals surface area contributed by atoms with Crippen LogP contribution < -0.4 is 10.1 Å². The zero-order valence-electron chi connectivity index (χ0n) is 21.5. The standard InChI is InChI=1S/C30H35NO6/c1-29(2)36-17-22(37-29)16-35-26-8-7-21(27(32)31-25-6-4-3-5-23(25)28(33)34)12-24(26)30-13-18-9-19(14-30)11-20(10-18)15-30/h3-8,12,18-20,22H,9-11,13-17H2,1-2H3,(H,31,32)(H,33,34). The Morgan fingerprint density at radius 1 is 1.03 bits per heavy atom. The highest BCUT2D eigenvalue weighted by atomic mass is 16.7. The van der Waals surface area contributed by atoms with Gasteiger partial charge in [-0.05, 0) is 106 Å². The number of carboxylic acid groups (broad SMARTS) is 1. The number of para-hydroxylation sites is 1. The van der Waals surface area contributed by atoms with E-state index in [9.17, 15) is 14.7 Å². The number of hydrogen-bond acceptors (Lipinski definition) is 5. The van der Waals surface area contributed by atoms with E-state index in [0.29, 0.717) is 18.8 Å². The molecule has 4 bridgehead atoms. The molecule has 1 atom stereocenters. The number of anilines is 1. The molecule has 7 nitrogen and oxygen atoms in total. The molecule has 1 amide bonds. The summed E-state index contributed by atoms with van der Waals surface area (Å²) in [6.07, 6.45) is 7.24. The third-order valence-electron chi connectivity index (χ3n) is 8.75. The predicted octanol–water partition coefficient (Wildman–Crippen LogP) is 5.64. The van der Waals surface area contributed by atoms with Crippen LogP contribution in [0.15, 0.2) is 42.5 Å². The van der Waals surface area contributed by atoms with Crippen LogP contribution in [0.2, 0.25) is 0 Å². The topological polar surface area (TPSA) is 94.1 Å². The fourth-order valence-electron chi connectivity index (χ4n) is 7.65. The Morgan fingerprint density at radius 2 is 1.70 bits per heavy atom. The van der Waals surface area contributed by atoms with Crippen LogP contribution in [-0.2, 0) is 14.9 Å². The van der Waals surface area contributed by atoms with Crippen molar-refractivity contribution in [2.45, 2.75) is 69.7 Å². The number of amides is 1. The van der Waals surface area contributed by atoms with Crippen LogP contribution in [0.1, 0.15) is 78.7 Å². The lowest BCUT2D eigenvalue weighted by Crippen LogP contribution is -2.48. The molecule has 0 aromatic heterocycles. The van der Waals surface area contributed by atoms with E-state index in [2.05, 4.69) is 5.32 Å². The normalized spacial score (nSPS) is 31.3. The third kappa shape index (κ3) is 4.75. The maximum atomic E-state index is 13.3. The van der Waals surface area contributed by atoms with Crippen molar-refractivity contribution < 1.29 is 28.9 Å². The van der Waals surface area contributed by atoms with E-state index in [1.165, 1.54) is 25.3 Å². The monoisotopic (exact) mass is 505 g/mol. The van der Waals surface area contributed by atoms with Crippen LogP contribution >= 0.6 is 0 Å². The lowest BCUT2D eigenvalue weighted by atomic mass is 9.48. The smallest absolute Gasteiger partial charge is 0.337 e. The summed E-state index contributed by atoms with van der Waals surface area (Å²) in [6, 6.07) is 12.2. The fraction of sp³-hybridized carbons (Fsp3) is 0.533. The third-order valence-corrected chi connectivity index (χ3v) is 8.75. The Kier molecular flexibility index (Phi) is 6.03. The average Bonchev–Trinajstić information content (AvgIpc) is 3.20. The minimum Gasteiger partial charge on any atom is -0.490 e. The number of carboxylic acids is 1. The average molecular weight is 506 g/mol. The van der Waals surface area contributed by atoms with Crippen LogP contribution in [0.25, 0.3) is 0 Å². The summed E-state index contributed by atoms with van der Waals surface area (Å²) >= 11 is 0. The van der Waals surface area contributed by atoms with Gasteiger partial charge >= 0.3 is 5.97 Å². The quantitative estimate of drug-likeness (QED) is 0.506.